The highest BCUT2D eigenvalue weighted by atomic mass is 32.1. The van der Waals surface area contributed by atoms with Gasteiger partial charge >= 0.3 is 0 Å². The summed E-state index contributed by atoms with van der Waals surface area (Å²) in [6.45, 7) is 11.7. The smallest absolute Gasteiger partial charge is 0.260 e. The van der Waals surface area contributed by atoms with Gasteiger partial charge in [0.05, 0.1) is 30.0 Å². The molecule has 2 aromatic carbocycles. The van der Waals surface area contributed by atoms with Crippen molar-refractivity contribution in [3.05, 3.63) is 58.7 Å². The molecule has 0 bridgehead atoms. The number of rotatable bonds is 6. The number of aromatic nitrogens is 1. The molecule has 1 aliphatic heterocycles. The van der Waals surface area contributed by atoms with Crippen molar-refractivity contribution >= 4 is 32.6 Å². The first kappa shape index (κ1) is 21.0. The highest BCUT2D eigenvalue weighted by Crippen LogP contribution is 2.33. The molecule has 6 heteroatoms. The molecule has 1 aromatic heterocycles. The number of anilines is 1. The van der Waals surface area contributed by atoms with E-state index in [0.717, 1.165) is 66.6 Å². The van der Waals surface area contributed by atoms with Crippen LogP contribution in [0.3, 0.4) is 0 Å². The second-order valence-electron chi connectivity index (χ2n) is 8.17. The molecule has 30 heavy (non-hydrogen) atoms. The first-order chi connectivity index (χ1) is 14.5. The summed E-state index contributed by atoms with van der Waals surface area (Å²) in [6.07, 6.45) is 0.945. The summed E-state index contributed by atoms with van der Waals surface area (Å²) in [6, 6.07) is 12.1. The lowest BCUT2D eigenvalue weighted by atomic mass is 10.1. The molecule has 3 aromatic rings. The van der Waals surface area contributed by atoms with Crippen molar-refractivity contribution in [2.24, 2.45) is 0 Å². The minimum absolute atomic E-state index is 0.0324. The van der Waals surface area contributed by atoms with Crippen LogP contribution < -0.4 is 9.80 Å². The maximum Gasteiger partial charge on any atom is 0.260 e. The lowest BCUT2D eigenvalue weighted by Crippen LogP contribution is -3.14. The van der Waals surface area contributed by atoms with E-state index in [-0.39, 0.29) is 5.91 Å². The van der Waals surface area contributed by atoms with E-state index in [9.17, 15) is 4.79 Å². The molecule has 0 aliphatic carbocycles. The number of hydrogen-bond acceptors (Lipinski definition) is 4. The van der Waals surface area contributed by atoms with Crippen LogP contribution in [0.1, 0.15) is 33.5 Å². The number of carbonyl (C=O) groups is 1. The van der Waals surface area contributed by atoms with Crippen molar-refractivity contribution in [2.45, 2.75) is 27.2 Å². The average molecular weight is 425 g/mol. The van der Waals surface area contributed by atoms with Crippen LogP contribution in [0.25, 0.3) is 10.2 Å². The van der Waals surface area contributed by atoms with Crippen molar-refractivity contribution < 1.29 is 14.4 Å². The van der Waals surface area contributed by atoms with E-state index in [1.165, 1.54) is 10.3 Å². The summed E-state index contributed by atoms with van der Waals surface area (Å²) in [5, 5.41) is 0.797. The second-order valence-corrected chi connectivity index (χ2v) is 9.14. The average Bonchev–Trinajstić information content (AvgIpc) is 3.21. The normalized spacial score (nSPS) is 14.9. The van der Waals surface area contributed by atoms with E-state index >= 15 is 0 Å². The standard InChI is InChI=1S/C24H29N3O2S/c1-17-6-4-7-20(16-17)23(28)27(11-5-10-26-12-14-29-15-13-26)24-25-21-18(2)8-9-19(3)22(21)30-24/h4,6-9,16H,5,10-15H2,1-3H3/p+1. The van der Waals surface area contributed by atoms with Gasteiger partial charge in [0.25, 0.3) is 5.91 Å². The van der Waals surface area contributed by atoms with Crippen molar-refractivity contribution in [3.8, 4) is 0 Å². The maximum absolute atomic E-state index is 13.5. The third-order valence-electron chi connectivity index (χ3n) is 5.78. The summed E-state index contributed by atoms with van der Waals surface area (Å²) < 4.78 is 6.64. The number of thiazole rings is 1. The Morgan fingerprint density at radius 1 is 1.13 bits per heavy atom. The number of ether oxygens (including phenoxy) is 1. The van der Waals surface area contributed by atoms with Crippen LogP contribution in [0.15, 0.2) is 36.4 Å². The van der Waals surface area contributed by atoms with Crippen LogP contribution in [0.5, 0.6) is 0 Å². The summed E-state index contributed by atoms with van der Waals surface area (Å²) in [5.74, 6) is 0.0324. The molecule has 1 N–H and O–H groups in total. The second kappa shape index (κ2) is 9.25. The molecule has 2 heterocycles. The largest absolute Gasteiger partial charge is 0.370 e. The zero-order chi connectivity index (χ0) is 21.1. The molecule has 4 rings (SSSR count). The molecule has 0 atom stereocenters. The predicted octanol–water partition coefficient (Wildman–Crippen LogP) is 3.17. The van der Waals surface area contributed by atoms with Crippen molar-refractivity contribution in [1.82, 2.24) is 4.98 Å². The summed E-state index contributed by atoms with van der Waals surface area (Å²) in [5.41, 5.74) is 5.19. The van der Waals surface area contributed by atoms with Gasteiger partial charge in [-0.1, -0.05) is 41.2 Å². The van der Waals surface area contributed by atoms with Crippen LogP contribution in [0, 0.1) is 20.8 Å². The third-order valence-corrected chi connectivity index (χ3v) is 7.00. The molecule has 1 saturated heterocycles. The minimum Gasteiger partial charge on any atom is -0.370 e. The van der Waals surface area contributed by atoms with E-state index in [1.54, 1.807) is 16.2 Å². The first-order valence-corrected chi connectivity index (χ1v) is 11.5. The third kappa shape index (κ3) is 4.56. The Bertz CT molecular complexity index is 1000. The van der Waals surface area contributed by atoms with Gasteiger partial charge in [0, 0.05) is 18.5 Å². The molecular weight excluding hydrogens is 394 g/mol. The number of hydrogen-bond donors (Lipinski definition) is 1. The number of benzene rings is 2. The maximum atomic E-state index is 13.5. The van der Waals surface area contributed by atoms with Gasteiger partial charge in [-0.05, 0) is 44.0 Å². The molecule has 0 spiro atoms. The van der Waals surface area contributed by atoms with Crippen LogP contribution >= 0.6 is 11.3 Å². The number of aryl methyl sites for hydroxylation is 3. The highest BCUT2D eigenvalue weighted by molar-refractivity contribution is 7.22. The topological polar surface area (TPSA) is 46.9 Å². The number of nitrogens with zero attached hydrogens (tertiary/aromatic N) is 2. The Balaban J connectivity index is 1.61. The molecule has 158 valence electrons. The lowest BCUT2D eigenvalue weighted by Gasteiger charge is -2.25. The number of amides is 1. The quantitative estimate of drug-likeness (QED) is 0.661. The van der Waals surface area contributed by atoms with Crippen LogP contribution in [0.4, 0.5) is 5.13 Å². The molecule has 5 nitrogen and oxygen atoms in total. The number of fused-ring (bicyclic) bond motifs is 1. The van der Waals surface area contributed by atoms with Crippen LogP contribution in [-0.2, 0) is 4.74 Å². The van der Waals surface area contributed by atoms with E-state index < -0.39 is 0 Å². The number of quaternary nitrogens is 1. The molecule has 1 amide bonds. The predicted molar refractivity (Wildman–Crippen MR) is 123 cm³/mol. The Labute approximate surface area is 182 Å². The van der Waals surface area contributed by atoms with Crippen molar-refractivity contribution in [2.75, 3.05) is 44.3 Å². The number of carbonyl (C=O) groups excluding carboxylic acids is 1. The monoisotopic (exact) mass is 424 g/mol. The Hall–Kier alpha value is -2.28. The Morgan fingerprint density at radius 3 is 2.63 bits per heavy atom. The SMILES string of the molecule is Cc1cccc(C(=O)N(CCC[NH+]2CCOCC2)c2nc3c(C)ccc(C)c3s2)c1. The van der Waals surface area contributed by atoms with E-state index in [0.29, 0.717) is 6.54 Å². The lowest BCUT2D eigenvalue weighted by molar-refractivity contribution is -0.908. The number of nitrogens with one attached hydrogen (secondary N) is 1. The minimum atomic E-state index is 0.0324. The molecule has 1 aliphatic rings. The van der Waals surface area contributed by atoms with Crippen molar-refractivity contribution in [1.29, 1.82) is 0 Å². The molecule has 0 radical (unpaired) electrons. The zero-order valence-corrected chi connectivity index (χ0v) is 18.8. The van der Waals surface area contributed by atoms with Gasteiger partial charge in [0.2, 0.25) is 0 Å². The highest BCUT2D eigenvalue weighted by Gasteiger charge is 2.23. The van der Waals surface area contributed by atoms with E-state index in [2.05, 4.69) is 26.0 Å². The zero-order valence-electron chi connectivity index (χ0n) is 18.0. The summed E-state index contributed by atoms with van der Waals surface area (Å²) in [7, 11) is 0. The fraction of sp³-hybridized carbons (Fsp3) is 0.417. The first-order valence-electron chi connectivity index (χ1n) is 10.7. The van der Waals surface area contributed by atoms with E-state index in [1.807, 2.05) is 36.1 Å². The number of morpholine rings is 1. The van der Waals surface area contributed by atoms with Gasteiger partial charge in [0.15, 0.2) is 5.13 Å². The fourth-order valence-corrected chi connectivity index (χ4v) is 5.11. The summed E-state index contributed by atoms with van der Waals surface area (Å²) in [4.78, 5) is 21.8. The molecular formula is C24H30N3O2S+. The van der Waals surface area contributed by atoms with Gasteiger partial charge in [0.1, 0.15) is 13.1 Å². The molecule has 0 unspecified atom stereocenters. The van der Waals surface area contributed by atoms with Crippen LogP contribution in [-0.4, -0.2) is 50.3 Å². The van der Waals surface area contributed by atoms with Gasteiger partial charge < -0.3 is 9.64 Å². The summed E-state index contributed by atoms with van der Waals surface area (Å²) >= 11 is 1.63. The van der Waals surface area contributed by atoms with Gasteiger partial charge in [-0.15, -0.1) is 0 Å². The molecule has 1 fully saturated rings. The van der Waals surface area contributed by atoms with Crippen LogP contribution in [0.2, 0.25) is 0 Å². The Kier molecular flexibility index (Phi) is 6.46. The van der Waals surface area contributed by atoms with Gasteiger partial charge in [-0.2, -0.15) is 0 Å². The van der Waals surface area contributed by atoms with E-state index in [4.69, 9.17) is 9.72 Å². The fourth-order valence-electron chi connectivity index (χ4n) is 3.98. The molecule has 0 saturated carbocycles. The van der Waals surface area contributed by atoms with Gasteiger partial charge in [-0.25, -0.2) is 4.98 Å². The van der Waals surface area contributed by atoms with Gasteiger partial charge in [-0.3, -0.25) is 9.69 Å². The Morgan fingerprint density at radius 2 is 1.90 bits per heavy atom. The van der Waals surface area contributed by atoms with Crippen molar-refractivity contribution in [3.63, 3.8) is 0 Å².